The molecule has 0 spiro atoms. The van der Waals surface area contributed by atoms with Gasteiger partial charge < -0.3 is 5.32 Å². The van der Waals surface area contributed by atoms with Gasteiger partial charge in [0.1, 0.15) is 0 Å². The predicted molar refractivity (Wildman–Crippen MR) is 84.9 cm³/mol. The fraction of sp³-hybridized carbons (Fsp3) is 0.750. The first-order valence-corrected chi connectivity index (χ1v) is 8.43. The fourth-order valence-corrected chi connectivity index (χ4v) is 3.65. The zero-order valence-electron chi connectivity index (χ0n) is 12.8. The van der Waals surface area contributed by atoms with E-state index in [4.69, 9.17) is 0 Å². The molecule has 1 aromatic rings. The van der Waals surface area contributed by atoms with Gasteiger partial charge in [0.25, 0.3) is 0 Å². The minimum atomic E-state index is 0.292. The van der Waals surface area contributed by atoms with Crippen LogP contribution in [0.3, 0.4) is 0 Å². The van der Waals surface area contributed by atoms with Gasteiger partial charge in [0, 0.05) is 36.1 Å². The van der Waals surface area contributed by atoms with Crippen LogP contribution in [0.25, 0.3) is 0 Å². The molecule has 2 rings (SSSR count). The van der Waals surface area contributed by atoms with Crippen LogP contribution >= 0.6 is 11.3 Å². The summed E-state index contributed by atoms with van der Waals surface area (Å²) in [5, 5.41) is 5.94. The Morgan fingerprint density at radius 1 is 1.53 bits per heavy atom. The molecule has 0 radical (unpaired) electrons. The number of thiophene rings is 1. The van der Waals surface area contributed by atoms with Crippen LogP contribution in [-0.2, 0) is 6.42 Å². The summed E-state index contributed by atoms with van der Waals surface area (Å²) >= 11 is 1.88. The summed E-state index contributed by atoms with van der Waals surface area (Å²) in [5.41, 5.74) is 0.292. The standard InChI is InChI=1S/C16H28N2S/c1-5-16(4)12-18(15(11-17-16)13(2)3)9-8-14-7-6-10-19-14/h6-7,10,13,15,17H,5,8-9,11-12H2,1-4H3. The third-order valence-corrected chi connectivity index (χ3v) is 5.47. The Kier molecular flexibility index (Phi) is 5.04. The molecule has 0 aliphatic carbocycles. The summed E-state index contributed by atoms with van der Waals surface area (Å²) in [6.45, 7) is 12.9. The lowest BCUT2D eigenvalue weighted by atomic mass is 9.90. The second-order valence-corrected chi connectivity index (χ2v) is 7.44. The van der Waals surface area contributed by atoms with Crippen molar-refractivity contribution in [3.8, 4) is 0 Å². The van der Waals surface area contributed by atoms with Crippen molar-refractivity contribution in [2.24, 2.45) is 5.92 Å². The average molecular weight is 280 g/mol. The summed E-state index contributed by atoms with van der Waals surface area (Å²) < 4.78 is 0. The summed E-state index contributed by atoms with van der Waals surface area (Å²) in [6, 6.07) is 5.10. The van der Waals surface area contributed by atoms with Gasteiger partial charge in [0.15, 0.2) is 0 Å². The van der Waals surface area contributed by atoms with E-state index in [0.717, 1.165) is 12.5 Å². The Bertz CT molecular complexity index is 374. The van der Waals surface area contributed by atoms with Gasteiger partial charge in [-0.05, 0) is 37.1 Å². The van der Waals surface area contributed by atoms with E-state index in [1.54, 1.807) is 0 Å². The molecule has 0 bridgehead atoms. The van der Waals surface area contributed by atoms with Gasteiger partial charge in [-0.25, -0.2) is 0 Å². The van der Waals surface area contributed by atoms with Crippen LogP contribution in [0.5, 0.6) is 0 Å². The molecule has 19 heavy (non-hydrogen) atoms. The summed E-state index contributed by atoms with van der Waals surface area (Å²) in [7, 11) is 0. The molecule has 1 aromatic heterocycles. The predicted octanol–water partition coefficient (Wildman–Crippen LogP) is 3.39. The maximum absolute atomic E-state index is 3.76. The maximum Gasteiger partial charge on any atom is 0.0278 e. The highest BCUT2D eigenvalue weighted by Gasteiger charge is 2.35. The van der Waals surface area contributed by atoms with Gasteiger partial charge in [-0.2, -0.15) is 0 Å². The number of hydrogen-bond acceptors (Lipinski definition) is 3. The first-order chi connectivity index (χ1) is 9.04. The van der Waals surface area contributed by atoms with Crippen LogP contribution in [0.15, 0.2) is 17.5 Å². The molecule has 1 N–H and O–H groups in total. The van der Waals surface area contributed by atoms with Crippen molar-refractivity contribution in [3.05, 3.63) is 22.4 Å². The second kappa shape index (κ2) is 6.38. The first-order valence-electron chi connectivity index (χ1n) is 7.55. The Morgan fingerprint density at radius 3 is 2.89 bits per heavy atom. The van der Waals surface area contributed by atoms with E-state index in [2.05, 4.69) is 55.4 Å². The SMILES string of the molecule is CCC1(C)CN(CCc2cccs2)C(C(C)C)CN1. The van der Waals surface area contributed by atoms with Crippen molar-refractivity contribution >= 4 is 11.3 Å². The van der Waals surface area contributed by atoms with Crippen molar-refractivity contribution in [1.29, 1.82) is 0 Å². The van der Waals surface area contributed by atoms with E-state index in [1.165, 1.54) is 30.8 Å². The lowest BCUT2D eigenvalue weighted by Gasteiger charge is -2.47. The van der Waals surface area contributed by atoms with Crippen LogP contribution < -0.4 is 5.32 Å². The highest BCUT2D eigenvalue weighted by Crippen LogP contribution is 2.23. The van der Waals surface area contributed by atoms with Crippen LogP contribution in [0, 0.1) is 5.92 Å². The monoisotopic (exact) mass is 280 g/mol. The Hall–Kier alpha value is -0.380. The van der Waals surface area contributed by atoms with Crippen LogP contribution in [0.2, 0.25) is 0 Å². The van der Waals surface area contributed by atoms with E-state index in [1.807, 2.05) is 11.3 Å². The quantitative estimate of drug-likeness (QED) is 0.889. The molecule has 2 unspecified atom stereocenters. The summed E-state index contributed by atoms with van der Waals surface area (Å²) in [5.74, 6) is 0.720. The fourth-order valence-electron chi connectivity index (χ4n) is 2.95. The molecule has 3 heteroatoms. The Balaban J connectivity index is 1.99. The number of nitrogens with one attached hydrogen (secondary N) is 1. The van der Waals surface area contributed by atoms with Crippen LogP contribution in [0.1, 0.15) is 39.0 Å². The molecule has 0 saturated carbocycles. The molecule has 1 aliphatic heterocycles. The Morgan fingerprint density at radius 2 is 2.32 bits per heavy atom. The normalized spacial score (nSPS) is 29.0. The average Bonchev–Trinajstić information content (AvgIpc) is 2.89. The minimum Gasteiger partial charge on any atom is -0.309 e. The topological polar surface area (TPSA) is 15.3 Å². The van der Waals surface area contributed by atoms with Crippen molar-refractivity contribution in [3.63, 3.8) is 0 Å². The van der Waals surface area contributed by atoms with Gasteiger partial charge >= 0.3 is 0 Å². The third kappa shape index (κ3) is 3.80. The van der Waals surface area contributed by atoms with E-state index in [0.29, 0.717) is 11.6 Å². The van der Waals surface area contributed by atoms with Gasteiger partial charge in [-0.15, -0.1) is 11.3 Å². The highest BCUT2D eigenvalue weighted by molar-refractivity contribution is 7.09. The molecule has 1 aliphatic rings. The maximum atomic E-state index is 3.76. The second-order valence-electron chi connectivity index (χ2n) is 6.41. The minimum absolute atomic E-state index is 0.292. The number of nitrogens with zero attached hydrogens (tertiary/aromatic N) is 1. The number of hydrogen-bond donors (Lipinski definition) is 1. The molecule has 108 valence electrons. The van der Waals surface area contributed by atoms with E-state index in [9.17, 15) is 0 Å². The van der Waals surface area contributed by atoms with Crippen molar-refractivity contribution in [2.75, 3.05) is 19.6 Å². The molecule has 0 amide bonds. The largest absolute Gasteiger partial charge is 0.309 e. The first kappa shape index (κ1) is 15.0. The van der Waals surface area contributed by atoms with Gasteiger partial charge in [-0.1, -0.05) is 26.8 Å². The van der Waals surface area contributed by atoms with Gasteiger partial charge in [0.05, 0.1) is 0 Å². The van der Waals surface area contributed by atoms with Crippen molar-refractivity contribution in [2.45, 2.75) is 52.1 Å². The molecule has 1 fully saturated rings. The Labute approximate surface area is 122 Å². The number of piperazine rings is 1. The highest BCUT2D eigenvalue weighted by atomic mass is 32.1. The molecule has 2 heterocycles. The van der Waals surface area contributed by atoms with E-state index < -0.39 is 0 Å². The zero-order chi connectivity index (χ0) is 13.9. The zero-order valence-corrected chi connectivity index (χ0v) is 13.6. The molecular weight excluding hydrogens is 252 g/mol. The summed E-state index contributed by atoms with van der Waals surface area (Å²) in [4.78, 5) is 4.23. The van der Waals surface area contributed by atoms with Gasteiger partial charge in [-0.3, -0.25) is 4.90 Å². The molecule has 2 nitrogen and oxygen atoms in total. The molecule has 2 atom stereocenters. The van der Waals surface area contributed by atoms with Crippen molar-refractivity contribution < 1.29 is 0 Å². The smallest absolute Gasteiger partial charge is 0.0278 e. The third-order valence-electron chi connectivity index (χ3n) is 4.53. The molecular formula is C16H28N2S. The lowest BCUT2D eigenvalue weighted by Crippen LogP contribution is -2.64. The molecule has 1 saturated heterocycles. The van der Waals surface area contributed by atoms with Crippen molar-refractivity contribution in [1.82, 2.24) is 10.2 Å². The van der Waals surface area contributed by atoms with Crippen LogP contribution in [-0.4, -0.2) is 36.1 Å². The van der Waals surface area contributed by atoms with Gasteiger partial charge in [0.2, 0.25) is 0 Å². The number of rotatable bonds is 5. The lowest BCUT2D eigenvalue weighted by molar-refractivity contribution is 0.0615. The van der Waals surface area contributed by atoms with E-state index in [-0.39, 0.29) is 0 Å². The molecule has 0 aromatic carbocycles. The van der Waals surface area contributed by atoms with E-state index >= 15 is 0 Å². The summed E-state index contributed by atoms with van der Waals surface area (Å²) in [6.07, 6.45) is 2.40. The van der Waals surface area contributed by atoms with Crippen LogP contribution in [0.4, 0.5) is 0 Å².